The molecule has 0 amide bonds. The van der Waals surface area contributed by atoms with Crippen molar-refractivity contribution in [2.75, 3.05) is 6.61 Å². The van der Waals surface area contributed by atoms with E-state index in [0.717, 1.165) is 50.1 Å². The highest BCUT2D eigenvalue weighted by atomic mass is 16.5. The summed E-state index contributed by atoms with van der Waals surface area (Å²) in [5.74, 6) is -0.927. The third-order valence-corrected chi connectivity index (χ3v) is 7.15. The fourth-order valence-electron chi connectivity index (χ4n) is 5.30. The quantitative estimate of drug-likeness (QED) is 0.204. The van der Waals surface area contributed by atoms with Crippen LogP contribution in [-0.2, 0) is 22.4 Å². The van der Waals surface area contributed by atoms with Gasteiger partial charge >= 0.3 is 11.9 Å². The zero-order chi connectivity index (χ0) is 28.8. The van der Waals surface area contributed by atoms with Crippen LogP contribution in [0.4, 0.5) is 0 Å². The molecule has 5 heteroatoms. The number of benzene rings is 4. The number of aliphatic carboxylic acids is 2. The number of rotatable bonds is 11. The molecule has 0 bridgehead atoms. The zero-order valence-electron chi connectivity index (χ0n) is 23.5. The number of aryl methyl sites for hydroxylation is 3. The summed E-state index contributed by atoms with van der Waals surface area (Å²) < 4.78 is 5.64. The Morgan fingerprint density at radius 1 is 0.775 bits per heavy atom. The van der Waals surface area contributed by atoms with Gasteiger partial charge in [0.2, 0.25) is 0 Å². The highest BCUT2D eigenvalue weighted by Gasteiger charge is 2.16. The van der Waals surface area contributed by atoms with E-state index in [0.29, 0.717) is 24.5 Å². The minimum Gasteiger partial charge on any atom is -0.482 e. The molecule has 0 aliphatic carbocycles. The van der Waals surface area contributed by atoms with Crippen molar-refractivity contribution in [2.45, 2.75) is 52.9 Å². The van der Waals surface area contributed by atoms with Gasteiger partial charge in [-0.2, -0.15) is 0 Å². The number of carboxylic acid groups (broad SMARTS) is 2. The molecule has 0 aliphatic heterocycles. The average Bonchev–Trinajstić information content (AvgIpc) is 2.91. The molecular weight excluding hydrogens is 500 g/mol. The van der Waals surface area contributed by atoms with Crippen molar-refractivity contribution in [3.63, 3.8) is 0 Å². The molecule has 40 heavy (non-hydrogen) atoms. The van der Waals surface area contributed by atoms with Crippen molar-refractivity contribution in [3.05, 3.63) is 112 Å². The van der Waals surface area contributed by atoms with Gasteiger partial charge in [-0.25, -0.2) is 4.79 Å². The smallest absolute Gasteiger partial charge is 0.341 e. The van der Waals surface area contributed by atoms with Gasteiger partial charge in [-0.1, -0.05) is 80.6 Å². The fourth-order valence-corrected chi connectivity index (χ4v) is 5.30. The van der Waals surface area contributed by atoms with Crippen LogP contribution in [0, 0.1) is 13.8 Å². The Morgan fingerprint density at radius 3 is 2.10 bits per heavy atom. The van der Waals surface area contributed by atoms with Crippen molar-refractivity contribution >= 4 is 11.9 Å². The Hall–Kier alpha value is -4.38. The van der Waals surface area contributed by atoms with Gasteiger partial charge in [-0.3, -0.25) is 4.79 Å². The molecule has 0 radical (unpaired) electrons. The summed E-state index contributed by atoms with van der Waals surface area (Å²) in [5, 5.41) is 18.2. The van der Waals surface area contributed by atoms with Crippen molar-refractivity contribution in [1.82, 2.24) is 0 Å². The lowest BCUT2D eigenvalue weighted by molar-refractivity contribution is -0.139. The van der Waals surface area contributed by atoms with E-state index in [1.54, 1.807) is 0 Å². The number of carbonyl (C=O) groups is 2. The lowest BCUT2D eigenvalue weighted by Gasteiger charge is -2.19. The Kier molecular flexibility index (Phi) is 9.05. The Bertz CT molecular complexity index is 1500. The predicted molar refractivity (Wildman–Crippen MR) is 159 cm³/mol. The Balaban J connectivity index is 1.73. The van der Waals surface area contributed by atoms with Crippen LogP contribution in [0.3, 0.4) is 0 Å². The maximum absolute atomic E-state index is 11.2. The zero-order valence-corrected chi connectivity index (χ0v) is 23.5. The minimum atomic E-state index is -1.01. The number of ether oxygens (including phenoxy) is 1. The Labute approximate surface area is 236 Å². The number of hydrogen-bond donors (Lipinski definition) is 2. The van der Waals surface area contributed by atoms with E-state index in [-0.39, 0.29) is 13.0 Å². The topological polar surface area (TPSA) is 83.8 Å². The van der Waals surface area contributed by atoms with E-state index in [1.807, 2.05) is 36.4 Å². The van der Waals surface area contributed by atoms with Crippen LogP contribution in [-0.4, -0.2) is 28.8 Å². The van der Waals surface area contributed by atoms with Crippen LogP contribution in [0.2, 0.25) is 0 Å². The molecule has 0 heterocycles. The minimum absolute atomic E-state index is 0.121. The number of carboxylic acids is 2. The van der Waals surface area contributed by atoms with E-state index < -0.39 is 11.9 Å². The van der Waals surface area contributed by atoms with Crippen molar-refractivity contribution in [1.29, 1.82) is 0 Å². The summed E-state index contributed by atoms with van der Waals surface area (Å²) in [5.41, 5.74) is 11.1. The fraction of sp³-hybridized carbons (Fsp3) is 0.257. The highest BCUT2D eigenvalue weighted by molar-refractivity contribution is 5.79. The van der Waals surface area contributed by atoms with Crippen LogP contribution in [0.5, 0.6) is 5.75 Å². The van der Waals surface area contributed by atoms with Crippen LogP contribution >= 0.6 is 0 Å². The highest BCUT2D eigenvalue weighted by Crippen LogP contribution is 2.37. The van der Waals surface area contributed by atoms with Gasteiger partial charge in [-0.05, 0) is 94.0 Å². The van der Waals surface area contributed by atoms with Crippen LogP contribution in [0.1, 0.15) is 59.6 Å². The van der Waals surface area contributed by atoms with Gasteiger partial charge in [0, 0.05) is 12.8 Å². The molecule has 0 aromatic heterocycles. The van der Waals surface area contributed by atoms with Gasteiger partial charge in [0.1, 0.15) is 5.75 Å². The molecule has 5 nitrogen and oxygen atoms in total. The third kappa shape index (κ3) is 6.97. The van der Waals surface area contributed by atoms with Gasteiger partial charge in [0.05, 0.1) is 0 Å². The normalized spacial score (nSPS) is 11.0. The maximum atomic E-state index is 11.2. The average molecular weight is 537 g/mol. The molecule has 0 aliphatic rings. The van der Waals surface area contributed by atoms with E-state index in [9.17, 15) is 9.59 Å². The second-order valence-electron chi connectivity index (χ2n) is 10.6. The molecule has 0 saturated heterocycles. The van der Waals surface area contributed by atoms with E-state index in [4.69, 9.17) is 14.9 Å². The molecular formula is C35H36O5. The van der Waals surface area contributed by atoms with E-state index in [2.05, 4.69) is 70.2 Å². The molecule has 0 spiro atoms. The molecule has 2 N–H and O–H groups in total. The first-order chi connectivity index (χ1) is 19.1. The molecule has 206 valence electrons. The molecule has 4 aromatic carbocycles. The molecule has 0 unspecified atom stereocenters. The standard InChI is InChI=1S/C35H36O5/c1-22(2)31-19-26(11-15-33(36)37)10-13-30(31)28-16-23(3)35(24(4)17-28)27-12-14-32(40-21-34(38)39)29(20-27)18-25-8-6-5-7-9-25/h5-10,12-14,16-17,19-20,22H,11,15,18,21H2,1-4H3,(H,36,37)(H,38,39). The second kappa shape index (κ2) is 12.6. The third-order valence-electron chi connectivity index (χ3n) is 7.15. The first-order valence-electron chi connectivity index (χ1n) is 13.6. The van der Waals surface area contributed by atoms with E-state index >= 15 is 0 Å². The first-order valence-corrected chi connectivity index (χ1v) is 13.6. The van der Waals surface area contributed by atoms with Crippen LogP contribution in [0.15, 0.2) is 78.9 Å². The molecule has 0 fully saturated rings. The summed E-state index contributed by atoms with van der Waals surface area (Å²) in [6.07, 6.45) is 1.27. The van der Waals surface area contributed by atoms with Gasteiger partial charge in [0.15, 0.2) is 6.61 Å². The van der Waals surface area contributed by atoms with Gasteiger partial charge < -0.3 is 14.9 Å². The summed E-state index contributed by atoms with van der Waals surface area (Å²) in [6, 6.07) is 26.8. The van der Waals surface area contributed by atoms with Crippen molar-refractivity contribution < 1.29 is 24.5 Å². The molecule has 4 aromatic rings. The predicted octanol–water partition coefficient (Wildman–Crippen LogP) is 7.83. The largest absolute Gasteiger partial charge is 0.482 e. The molecule has 4 rings (SSSR count). The summed E-state index contributed by atoms with van der Waals surface area (Å²) in [4.78, 5) is 22.2. The van der Waals surface area contributed by atoms with Crippen molar-refractivity contribution in [2.24, 2.45) is 0 Å². The summed E-state index contributed by atoms with van der Waals surface area (Å²) in [6.45, 7) is 8.18. The lowest BCUT2D eigenvalue weighted by atomic mass is 9.86. The van der Waals surface area contributed by atoms with Crippen molar-refractivity contribution in [3.8, 4) is 28.0 Å². The molecule has 0 atom stereocenters. The van der Waals surface area contributed by atoms with Crippen LogP contribution < -0.4 is 4.74 Å². The van der Waals surface area contributed by atoms with Gasteiger partial charge in [-0.15, -0.1) is 0 Å². The SMILES string of the molecule is Cc1cc(-c2ccc(CCC(=O)O)cc2C(C)C)cc(C)c1-c1ccc(OCC(=O)O)c(Cc2ccccc2)c1. The maximum Gasteiger partial charge on any atom is 0.341 e. The van der Waals surface area contributed by atoms with E-state index in [1.165, 1.54) is 5.56 Å². The summed E-state index contributed by atoms with van der Waals surface area (Å²) >= 11 is 0. The van der Waals surface area contributed by atoms with Gasteiger partial charge in [0.25, 0.3) is 0 Å². The monoisotopic (exact) mass is 536 g/mol. The van der Waals surface area contributed by atoms with Crippen LogP contribution in [0.25, 0.3) is 22.3 Å². The number of hydrogen-bond acceptors (Lipinski definition) is 3. The first kappa shape index (κ1) is 28.6. The lowest BCUT2D eigenvalue weighted by Crippen LogP contribution is -2.10. The molecule has 0 saturated carbocycles. The second-order valence-corrected chi connectivity index (χ2v) is 10.6. The summed E-state index contributed by atoms with van der Waals surface area (Å²) in [7, 11) is 0. The Morgan fingerprint density at radius 2 is 1.48 bits per heavy atom.